The molecule has 2 nitrogen and oxygen atoms in total. The van der Waals surface area contributed by atoms with Gasteiger partial charge in [-0.15, -0.1) is 0 Å². The molecule has 0 N–H and O–H groups in total. The third-order valence-corrected chi connectivity index (χ3v) is 6.04. The van der Waals surface area contributed by atoms with Gasteiger partial charge in [0.2, 0.25) is 0 Å². The Balaban J connectivity index is 1.62. The van der Waals surface area contributed by atoms with Crippen molar-refractivity contribution >= 4 is 21.7 Å². The Morgan fingerprint density at radius 3 is 2.65 bits per heavy atom. The molecule has 0 amide bonds. The van der Waals surface area contributed by atoms with E-state index in [4.69, 9.17) is 4.74 Å². The molecule has 0 aliphatic heterocycles. The quantitative estimate of drug-likeness (QED) is 0.766. The fourth-order valence-electron chi connectivity index (χ4n) is 4.83. The lowest BCUT2D eigenvalue weighted by Crippen LogP contribution is -2.12. The number of rotatable bonds is 4. The molecule has 20 heavy (non-hydrogen) atoms. The minimum Gasteiger partial charge on any atom is -0.493 e. The second kappa shape index (κ2) is 4.59. The smallest absolute Gasteiger partial charge is 0.170 e. The summed E-state index contributed by atoms with van der Waals surface area (Å²) in [6, 6.07) is 5.79. The molecule has 4 atom stereocenters. The van der Waals surface area contributed by atoms with Crippen LogP contribution in [-0.4, -0.2) is 12.4 Å². The highest BCUT2D eigenvalue weighted by Crippen LogP contribution is 2.70. The van der Waals surface area contributed by atoms with E-state index >= 15 is 0 Å². The summed E-state index contributed by atoms with van der Waals surface area (Å²) in [5, 5.41) is 0. The number of halogens is 1. The predicted molar refractivity (Wildman–Crippen MR) is 80.9 cm³/mol. The van der Waals surface area contributed by atoms with Gasteiger partial charge < -0.3 is 4.74 Å². The minimum absolute atomic E-state index is 0.287. The van der Waals surface area contributed by atoms with Crippen LogP contribution in [0, 0.1) is 29.6 Å². The second-order valence-corrected chi connectivity index (χ2v) is 7.37. The van der Waals surface area contributed by atoms with Crippen LogP contribution in [0.15, 0.2) is 22.7 Å². The molecule has 3 aliphatic carbocycles. The fourth-order valence-corrected chi connectivity index (χ4v) is 5.19. The standard InChI is InChI=1S/C17H19BrO2/c1-2-20-13-6-5-11(18)8-12(13)17(19)16-14-9-3-4-10(7-9)15(14)16/h5-6,8-10,14-16H,2-4,7H2,1H3. The molecule has 0 heterocycles. The van der Waals surface area contributed by atoms with Gasteiger partial charge >= 0.3 is 0 Å². The summed E-state index contributed by atoms with van der Waals surface area (Å²) in [6.07, 6.45) is 4.09. The van der Waals surface area contributed by atoms with Crippen LogP contribution in [0.2, 0.25) is 0 Å². The number of Topliss-reactive ketones (excluding diaryl/α,β-unsaturated/α-hetero) is 1. The van der Waals surface area contributed by atoms with Crippen molar-refractivity contribution in [2.24, 2.45) is 29.6 Å². The van der Waals surface area contributed by atoms with E-state index in [0.29, 0.717) is 24.2 Å². The maximum Gasteiger partial charge on any atom is 0.170 e. The van der Waals surface area contributed by atoms with Gasteiger partial charge in [-0.2, -0.15) is 0 Å². The molecule has 2 bridgehead atoms. The average molecular weight is 335 g/mol. The Morgan fingerprint density at radius 1 is 1.30 bits per heavy atom. The normalized spacial score (nSPS) is 36.8. The molecule has 3 aliphatic rings. The summed E-state index contributed by atoms with van der Waals surface area (Å²) in [6.45, 7) is 2.56. The second-order valence-electron chi connectivity index (χ2n) is 6.45. The number of hydrogen-bond acceptors (Lipinski definition) is 2. The first-order chi connectivity index (χ1) is 9.70. The summed E-state index contributed by atoms with van der Waals surface area (Å²) in [5.74, 6) is 4.40. The molecule has 0 saturated heterocycles. The maximum atomic E-state index is 12.9. The number of carbonyl (C=O) groups is 1. The van der Waals surface area contributed by atoms with Gasteiger partial charge in [-0.05, 0) is 68.1 Å². The first-order valence-corrected chi connectivity index (χ1v) is 8.46. The van der Waals surface area contributed by atoms with E-state index < -0.39 is 0 Å². The summed E-state index contributed by atoms with van der Waals surface area (Å²) in [4.78, 5) is 12.9. The van der Waals surface area contributed by atoms with Gasteiger partial charge in [0, 0.05) is 10.4 Å². The molecule has 0 radical (unpaired) electrons. The number of ether oxygens (including phenoxy) is 1. The minimum atomic E-state index is 0.287. The first-order valence-electron chi connectivity index (χ1n) is 7.67. The van der Waals surface area contributed by atoms with Crippen molar-refractivity contribution < 1.29 is 9.53 Å². The first kappa shape index (κ1) is 12.9. The van der Waals surface area contributed by atoms with Gasteiger partial charge in [-0.1, -0.05) is 15.9 Å². The third kappa shape index (κ3) is 1.78. The lowest BCUT2D eigenvalue weighted by molar-refractivity contribution is 0.0940. The zero-order valence-electron chi connectivity index (χ0n) is 11.6. The Morgan fingerprint density at radius 2 is 2.00 bits per heavy atom. The van der Waals surface area contributed by atoms with E-state index in [1.807, 2.05) is 25.1 Å². The zero-order valence-corrected chi connectivity index (χ0v) is 13.2. The Bertz CT molecular complexity index is 552. The highest BCUT2D eigenvalue weighted by Gasteiger charge is 2.67. The van der Waals surface area contributed by atoms with Gasteiger partial charge in [-0.25, -0.2) is 0 Å². The molecule has 1 aromatic carbocycles. The molecular formula is C17H19BrO2. The fraction of sp³-hybridized carbons (Fsp3) is 0.588. The Labute approximate surface area is 128 Å². The number of fused-ring (bicyclic) bond motifs is 5. The van der Waals surface area contributed by atoms with Crippen molar-refractivity contribution in [3.05, 3.63) is 28.2 Å². The summed E-state index contributed by atoms with van der Waals surface area (Å²) < 4.78 is 6.60. The molecule has 4 unspecified atom stereocenters. The number of ketones is 1. The number of carbonyl (C=O) groups excluding carboxylic acids is 1. The van der Waals surface area contributed by atoms with Crippen LogP contribution in [0.4, 0.5) is 0 Å². The van der Waals surface area contributed by atoms with Crippen molar-refractivity contribution in [1.29, 1.82) is 0 Å². The maximum absolute atomic E-state index is 12.9. The molecule has 4 rings (SSSR count). The zero-order chi connectivity index (χ0) is 13.9. The van der Waals surface area contributed by atoms with Crippen LogP contribution in [0.25, 0.3) is 0 Å². The van der Waals surface area contributed by atoms with E-state index in [9.17, 15) is 4.79 Å². The topological polar surface area (TPSA) is 26.3 Å². The van der Waals surface area contributed by atoms with Crippen LogP contribution >= 0.6 is 15.9 Å². The largest absolute Gasteiger partial charge is 0.493 e. The molecule has 3 heteroatoms. The lowest BCUT2D eigenvalue weighted by Gasteiger charge is -2.12. The number of benzene rings is 1. The predicted octanol–water partition coefficient (Wildman–Crippen LogP) is 4.32. The monoisotopic (exact) mass is 334 g/mol. The summed E-state index contributed by atoms with van der Waals surface area (Å²) >= 11 is 3.47. The van der Waals surface area contributed by atoms with Crippen LogP contribution in [0.3, 0.4) is 0 Å². The van der Waals surface area contributed by atoms with Crippen LogP contribution in [-0.2, 0) is 0 Å². The van der Waals surface area contributed by atoms with Crippen LogP contribution in [0.1, 0.15) is 36.5 Å². The Kier molecular flexibility index (Phi) is 2.95. The van der Waals surface area contributed by atoms with Crippen molar-refractivity contribution in [2.45, 2.75) is 26.2 Å². The van der Waals surface area contributed by atoms with Crippen molar-refractivity contribution in [1.82, 2.24) is 0 Å². The molecule has 1 aromatic rings. The van der Waals surface area contributed by atoms with E-state index in [2.05, 4.69) is 15.9 Å². The van der Waals surface area contributed by atoms with Gasteiger partial charge in [0.15, 0.2) is 5.78 Å². The molecular weight excluding hydrogens is 316 g/mol. The number of hydrogen-bond donors (Lipinski definition) is 0. The van der Waals surface area contributed by atoms with Crippen molar-refractivity contribution in [3.8, 4) is 5.75 Å². The van der Waals surface area contributed by atoms with Crippen molar-refractivity contribution in [3.63, 3.8) is 0 Å². The van der Waals surface area contributed by atoms with Gasteiger partial charge in [0.05, 0.1) is 12.2 Å². The Hall–Kier alpha value is -0.830. The molecule has 3 fully saturated rings. The molecule has 0 aromatic heterocycles. The summed E-state index contributed by atoms with van der Waals surface area (Å²) in [5.41, 5.74) is 0.778. The van der Waals surface area contributed by atoms with Crippen LogP contribution in [0.5, 0.6) is 5.75 Å². The van der Waals surface area contributed by atoms with E-state index in [0.717, 1.165) is 27.6 Å². The molecule has 3 saturated carbocycles. The molecule has 106 valence electrons. The van der Waals surface area contributed by atoms with Crippen LogP contribution < -0.4 is 4.74 Å². The van der Waals surface area contributed by atoms with Gasteiger partial charge in [0.25, 0.3) is 0 Å². The molecule has 0 spiro atoms. The third-order valence-electron chi connectivity index (χ3n) is 5.54. The van der Waals surface area contributed by atoms with E-state index in [-0.39, 0.29) is 5.92 Å². The lowest BCUT2D eigenvalue weighted by atomic mass is 9.96. The van der Waals surface area contributed by atoms with Gasteiger partial charge in [0.1, 0.15) is 5.75 Å². The highest BCUT2D eigenvalue weighted by molar-refractivity contribution is 9.10. The summed E-state index contributed by atoms with van der Waals surface area (Å²) in [7, 11) is 0. The van der Waals surface area contributed by atoms with E-state index in [1.165, 1.54) is 19.3 Å². The average Bonchev–Trinajstić information content (AvgIpc) is 2.88. The van der Waals surface area contributed by atoms with E-state index in [1.54, 1.807) is 0 Å². The van der Waals surface area contributed by atoms with Crippen molar-refractivity contribution in [2.75, 3.05) is 6.61 Å². The SMILES string of the molecule is CCOc1ccc(Br)cc1C(=O)C1C2C3CCC(C3)C12. The highest BCUT2D eigenvalue weighted by atomic mass is 79.9. The van der Waals surface area contributed by atoms with Gasteiger partial charge in [-0.3, -0.25) is 4.79 Å².